The van der Waals surface area contributed by atoms with Crippen molar-refractivity contribution in [1.29, 1.82) is 0 Å². The van der Waals surface area contributed by atoms with E-state index < -0.39 is 0 Å². The summed E-state index contributed by atoms with van der Waals surface area (Å²) in [6.45, 7) is 4.03. The first kappa shape index (κ1) is 16.3. The van der Waals surface area contributed by atoms with Gasteiger partial charge in [-0.15, -0.1) is 0 Å². The molecule has 3 aromatic rings. The number of amides is 1. The Bertz CT molecular complexity index is 866. The molecule has 0 N–H and O–H groups in total. The number of carbonyl (C=O) groups is 1. The molecule has 0 aliphatic carbocycles. The van der Waals surface area contributed by atoms with Crippen molar-refractivity contribution in [2.45, 2.75) is 32.4 Å². The van der Waals surface area contributed by atoms with Crippen LogP contribution in [0.2, 0.25) is 0 Å². The summed E-state index contributed by atoms with van der Waals surface area (Å²) in [4.78, 5) is 15.2. The Labute approximate surface area is 150 Å². The minimum Gasteiger partial charge on any atom is -0.376 e. The van der Waals surface area contributed by atoms with E-state index in [2.05, 4.69) is 16.5 Å². The van der Waals surface area contributed by atoms with Gasteiger partial charge in [0.25, 0.3) is 5.91 Å². The largest absolute Gasteiger partial charge is 0.376 e. The molecule has 5 nitrogen and oxygen atoms in total. The second-order valence-corrected chi connectivity index (χ2v) is 7.27. The number of rotatable bonds is 5. The molecule has 1 amide bonds. The number of hydrogen-bond donors (Lipinski definition) is 0. The predicted molar refractivity (Wildman–Crippen MR) is 98.0 cm³/mol. The average Bonchev–Trinajstić information content (AvgIpc) is 3.36. The van der Waals surface area contributed by atoms with Gasteiger partial charge in [0, 0.05) is 25.9 Å². The number of aryl methyl sites for hydroxylation is 1. The SMILES string of the molecule is Cc1cccn2ncc(C(=O)N(Cc3ccsc3)CC3CCCO3)c12. The Morgan fingerprint density at radius 2 is 2.40 bits per heavy atom. The minimum absolute atomic E-state index is 0.0194. The third-order valence-electron chi connectivity index (χ3n) is 4.66. The Morgan fingerprint density at radius 3 is 3.16 bits per heavy atom. The number of hydrogen-bond acceptors (Lipinski definition) is 4. The zero-order valence-electron chi connectivity index (χ0n) is 14.2. The van der Waals surface area contributed by atoms with Gasteiger partial charge in [-0.1, -0.05) is 6.07 Å². The van der Waals surface area contributed by atoms with Gasteiger partial charge in [-0.2, -0.15) is 16.4 Å². The van der Waals surface area contributed by atoms with Crippen LogP contribution in [0.5, 0.6) is 0 Å². The van der Waals surface area contributed by atoms with Crippen molar-refractivity contribution in [1.82, 2.24) is 14.5 Å². The van der Waals surface area contributed by atoms with Crippen LogP contribution in [0, 0.1) is 6.92 Å². The molecule has 1 unspecified atom stereocenters. The van der Waals surface area contributed by atoms with Gasteiger partial charge >= 0.3 is 0 Å². The summed E-state index contributed by atoms with van der Waals surface area (Å²) >= 11 is 1.65. The standard InChI is InChI=1S/C19H21N3O2S/c1-14-4-2-7-22-18(14)17(10-20-22)19(23)21(11-15-6-9-25-13-15)12-16-5-3-8-24-16/h2,4,6-7,9-10,13,16H,3,5,8,11-12H2,1H3. The third kappa shape index (κ3) is 3.32. The molecule has 0 saturated carbocycles. The Balaban J connectivity index is 1.65. The summed E-state index contributed by atoms with van der Waals surface area (Å²) in [5, 5.41) is 8.49. The normalized spacial score (nSPS) is 17.2. The fourth-order valence-corrected chi connectivity index (χ4v) is 4.06. The van der Waals surface area contributed by atoms with Gasteiger partial charge in [-0.3, -0.25) is 4.79 Å². The molecule has 1 aliphatic rings. The molecule has 0 spiro atoms. The summed E-state index contributed by atoms with van der Waals surface area (Å²) < 4.78 is 7.54. The van der Waals surface area contributed by atoms with Crippen molar-refractivity contribution < 1.29 is 9.53 Å². The van der Waals surface area contributed by atoms with E-state index in [0.29, 0.717) is 18.7 Å². The van der Waals surface area contributed by atoms with Crippen LogP contribution < -0.4 is 0 Å². The maximum atomic E-state index is 13.3. The molecule has 25 heavy (non-hydrogen) atoms. The van der Waals surface area contributed by atoms with Gasteiger partial charge < -0.3 is 9.64 Å². The molecule has 0 radical (unpaired) electrons. The first-order chi connectivity index (χ1) is 12.2. The van der Waals surface area contributed by atoms with Crippen molar-refractivity contribution in [3.8, 4) is 0 Å². The lowest BCUT2D eigenvalue weighted by atomic mass is 10.1. The fraction of sp³-hybridized carbons (Fsp3) is 0.368. The lowest BCUT2D eigenvalue weighted by molar-refractivity contribution is 0.0509. The summed E-state index contributed by atoms with van der Waals surface area (Å²) in [6.07, 6.45) is 5.77. The Kier molecular flexibility index (Phi) is 4.55. The molecule has 1 fully saturated rings. The number of ether oxygens (including phenoxy) is 1. The van der Waals surface area contributed by atoms with E-state index in [9.17, 15) is 4.79 Å². The van der Waals surface area contributed by atoms with Crippen LogP contribution in [0.3, 0.4) is 0 Å². The molecular formula is C19H21N3O2S. The highest BCUT2D eigenvalue weighted by Gasteiger charge is 2.26. The van der Waals surface area contributed by atoms with E-state index in [1.54, 1.807) is 22.0 Å². The molecule has 4 rings (SSSR count). The monoisotopic (exact) mass is 355 g/mol. The number of pyridine rings is 1. The maximum absolute atomic E-state index is 13.3. The summed E-state index contributed by atoms with van der Waals surface area (Å²) in [7, 11) is 0. The maximum Gasteiger partial charge on any atom is 0.258 e. The molecule has 0 aromatic carbocycles. The van der Waals surface area contributed by atoms with E-state index in [4.69, 9.17) is 4.74 Å². The number of carbonyl (C=O) groups excluding carboxylic acids is 1. The molecule has 4 heterocycles. The van der Waals surface area contributed by atoms with Crippen LogP contribution in [0.1, 0.15) is 34.3 Å². The molecule has 0 bridgehead atoms. The highest BCUT2D eigenvalue weighted by atomic mass is 32.1. The first-order valence-electron chi connectivity index (χ1n) is 8.57. The van der Waals surface area contributed by atoms with Crippen molar-refractivity contribution in [3.63, 3.8) is 0 Å². The van der Waals surface area contributed by atoms with E-state index in [-0.39, 0.29) is 12.0 Å². The van der Waals surface area contributed by atoms with E-state index in [0.717, 1.165) is 36.1 Å². The van der Waals surface area contributed by atoms with E-state index in [1.165, 1.54) is 0 Å². The van der Waals surface area contributed by atoms with Gasteiger partial charge in [0.1, 0.15) is 0 Å². The minimum atomic E-state index is 0.0194. The van der Waals surface area contributed by atoms with Crippen LogP contribution in [0.15, 0.2) is 41.4 Å². The van der Waals surface area contributed by atoms with Gasteiger partial charge in [0.15, 0.2) is 0 Å². The Hall–Kier alpha value is -2.18. The summed E-state index contributed by atoms with van der Waals surface area (Å²) in [5.41, 5.74) is 3.75. The summed E-state index contributed by atoms with van der Waals surface area (Å²) in [5.74, 6) is 0.0194. The van der Waals surface area contributed by atoms with Crippen molar-refractivity contribution in [2.75, 3.05) is 13.2 Å². The lowest BCUT2D eigenvalue weighted by Gasteiger charge is -2.25. The zero-order valence-corrected chi connectivity index (χ0v) is 15.0. The highest BCUT2D eigenvalue weighted by Crippen LogP contribution is 2.21. The van der Waals surface area contributed by atoms with E-state index >= 15 is 0 Å². The van der Waals surface area contributed by atoms with Crippen LogP contribution in [-0.2, 0) is 11.3 Å². The van der Waals surface area contributed by atoms with Crippen LogP contribution >= 0.6 is 11.3 Å². The van der Waals surface area contributed by atoms with Gasteiger partial charge in [0.05, 0.1) is 23.4 Å². The van der Waals surface area contributed by atoms with Gasteiger partial charge in [-0.25, -0.2) is 4.52 Å². The molecule has 1 aliphatic heterocycles. The number of fused-ring (bicyclic) bond motifs is 1. The number of thiophene rings is 1. The fourth-order valence-electron chi connectivity index (χ4n) is 3.40. The second kappa shape index (κ2) is 6.98. The van der Waals surface area contributed by atoms with Crippen molar-refractivity contribution >= 4 is 22.8 Å². The van der Waals surface area contributed by atoms with Crippen molar-refractivity contribution in [3.05, 3.63) is 58.0 Å². The topological polar surface area (TPSA) is 46.8 Å². The smallest absolute Gasteiger partial charge is 0.258 e. The lowest BCUT2D eigenvalue weighted by Crippen LogP contribution is -2.36. The average molecular weight is 355 g/mol. The van der Waals surface area contributed by atoms with Crippen LogP contribution in [-0.4, -0.2) is 39.7 Å². The molecule has 1 atom stereocenters. The van der Waals surface area contributed by atoms with Gasteiger partial charge in [-0.05, 0) is 53.8 Å². The molecule has 3 aromatic heterocycles. The number of aromatic nitrogens is 2. The molecular weight excluding hydrogens is 334 g/mol. The molecule has 6 heteroatoms. The van der Waals surface area contributed by atoms with Crippen molar-refractivity contribution in [2.24, 2.45) is 0 Å². The molecule has 130 valence electrons. The first-order valence-corrected chi connectivity index (χ1v) is 9.51. The Morgan fingerprint density at radius 1 is 1.48 bits per heavy atom. The van der Waals surface area contributed by atoms with Crippen LogP contribution in [0.25, 0.3) is 5.52 Å². The highest BCUT2D eigenvalue weighted by molar-refractivity contribution is 7.07. The quantitative estimate of drug-likeness (QED) is 0.703. The number of nitrogens with zero attached hydrogens (tertiary/aromatic N) is 3. The second-order valence-electron chi connectivity index (χ2n) is 6.49. The van der Waals surface area contributed by atoms with Crippen LogP contribution in [0.4, 0.5) is 0 Å². The third-order valence-corrected chi connectivity index (χ3v) is 5.39. The van der Waals surface area contributed by atoms with Gasteiger partial charge in [0.2, 0.25) is 0 Å². The molecule has 1 saturated heterocycles. The zero-order chi connectivity index (χ0) is 17.2. The van der Waals surface area contributed by atoms with E-state index in [1.807, 2.05) is 35.5 Å². The predicted octanol–water partition coefficient (Wildman–Crippen LogP) is 3.53. The summed E-state index contributed by atoms with van der Waals surface area (Å²) in [6, 6.07) is 6.03.